The predicted molar refractivity (Wildman–Crippen MR) is 49.7 cm³/mol. The molecule has 0 aliphatic heterocycles. The summed E-state index contributed by atoms with van der Waals surface area (Å²) in [5, 5.41) is 8.71. The molecular formula is C7H16N2O3S. The Kier molecular flexibility index (Phi) is 3.66. The van der Waals surface area contributed by atoms with Crippen LogP contribution in [0.15, 0.2) is 0 Å². The molecule has 3 N–H and O–H groups in total. The molecule has 1 fully saturated rings. The molecule has 0 bridgehead atoms. The van der Waals surface area contributed by atoms with Gasteiger partial charge in [-0.3, -0.25) is 0 Å². The highest BCUT2D eigenvalue weighted by Crippen LogP contribution is 2.28. The van der Waals surface area contributed by atoms with Crippen molar-refractivity contribution in [3.8, 4) is 0 Å². The van der Waals surface area contributed by atoms with Crippen LogP contribution in [0.4, 0.5) is 0 Å². The summed E-state index contributed by atoms with van der Waals surface area (Å²) >= 11 is 0. The van der Waals surface area contributed by atoms with E-state index in [1.165, 1.54) is 4.31 Å². The van der Waals surface area contributed by atoms with Gasteiger partial charge in [0.1, 0.15) is 0 Å². The van der Waals surface area contributed by atoms with Crippen molar-refractivity contribution in [2.75, 3.05) is 25.4 Å². The van der Waals surface area contributed by atoms with Gasteiger partial charge in [-0.2, -0.15) is 4.31 Å². The maximum absolute atomic E-state index is 11.5. The number of aliphatic hydroxyl groups is 1. The molecule has 0 aromatic carbocycles. The average molecular weight is 208 g/mol. The van der Waals surface area contributed by atoms with E-state index in [0.717, 1.165) is 12.8 Å². The maximum atomic E-state index is 11.5. The third-order valence-corrected chi connectivity index (χ3v) is 3.95. The second-order valence-electron chi connectivity index (χ2n) is 3.17. The smallest absolute Gasteiger partial charge is 0.215 e. The van der Waals surface area contributed by atoms with Gasteiger partial charge in [-0.1, -0.05) is 0 Å². The van der Waals surface area contributed by atoms with Crippen molar-refractivity contribution in [2.45, 2.75) is 18.9 Å². The first-order chi connectivity index (χ1) is 6.11. The van der Waals surface area contributed by atoms with Crippen molar-refractivity contribution in [3.05, 3.63) is 0 Å². The first-order valence-corrected chi connectivity index (χ1v) is 6.03. The van der Waals surface area contributed by atoms with Crippen LogP contribution in [0.3, 0.4) is 0 Å². The highest BCUT2D eigenvalue weighted by molar-refractivity contribution is 7.89. The summed E-state index contributed by atoms with van der Waals surface area (Å²) in [5.41, 5.74) is 5.20. The van der Waals surface area contributed by atoms with Gasteiger partial charge >= 0.3 is 0 Å². The lowest BCUT2D eigenvalue weighted by Crippen LogP contribution is -2.38. The molecule has 1 aliphatic rings. The van der Waals surface area contributed by atoms with Crippen LogP contribution in [0.2, 0.25) is 0 Å². The summed E-state index contributed by atoms with van der Waals surface area (Å²) < 4.78 is 24.4. The van der Waals surface area contributed by atoms with Crippen LogP contribution in [-0.4, -0.2) is 49.3 Å². The Bertz CT molecular complexity index is 248. The molecular weight excluding hydrogens is 192 g/mol. The lowest BCUT2D eigenvalue weighted by Gasteiger charge is -2.20. The molecule has 1 saturated carbocycles. The lowest BCUT2D eigenvalue weighted by molar-refractivity contribution is 0.250. The maximum Gasteiger partial charge on any atom is 0.215 e. The topological polar surface area (TPSA) is 83.6 Å². The number of aliphatic hydroxyl groups excluding tert-OH is 1. The van der Waals surface area contributed by atoms with Crippen LogP contribution in [0.1, 0.15) is 12.8 Å². The Labute approximate surface area is 78.6 Å². The van der Waals surface area contributed by atoms with E-state index in [4.69, 9.17) is 10.8 Å². The van der Waals surface area contributed by atoms with Gasteiger partial charge in [0.2, 0.25) is 10.0 Å². The molecule has 5 nitrogen and oxygen atoms in total. The van der Waals surface area contributed by atoms with Crippen LogP contribution in [0, 0.1) is 0 Å². The predicted octanol–water partition coefficient (Wildman–Crippen LogP) is -1.27. The van der Waals surface area contributed by atoms with E-state index >= 15 is 0 Å². The molecule has 0 spiro atoms. The molecule has 0 aromatic rings. The van der Waals surface area contributed by atoms with Crippen molar-refractivity contribution in [1.29, 1.82) is 0 Å². The summed E-state index contributed by atoms with van der Waals surface area (Å²) in [7, 11) is -3.22. The van der Waals surface area contributed by atoms with Crippen LogP contribution in [0.5, 0.6) is 0 Å². The number of hydrogen-bond donors (Lipinski definition) is 2. The summed E-state index contributed by atoms with van der Waals surface area (Å²) in [6.45, 7) is 0.213. The minimum absolute atomic E-state index is 0.0243. The molecule has 0 unspecified atom stereocenters. The fourth-order valence-corrected chi connectivity index (χ4v) is 2.83. The van der Waals surface area contributed by atoms with Crippen LogP contribution >= 0.6 is 0 Å². The van der Waals surface area contributed by atoms with Crippen molar-refractivity contribution in [2.24, 2.45) is 5.73 Å². The van der Waals surface area contributed by atoms with E-state index < -0.39 is 10.0 Å². The zero-order valence-electron chi connectivity index (χ0n) is 7.52. The van der Waals surface area contributed by atoms with Gasteiger partial charge in [0.05, 0.1) is 12.4 Å². The van der Waals surface area contributed by atoms with Crippen LogP contribution < -0.4 is 5.73 Å². The third-order valence-electron chi connectivity index (χ3n) is 2.01. The number of rotatable bonds is 6. The van der Waals surface area contributed by atoms with E-state index in [1.54, 1.807) is 0 Å². The van der Waals surface area contributed by atoms with Crippen molar-refractivity contribution >= 4 is 10.0 Å². The van der Waals surface area contributed by atoms with E-state index in [-0.39, 0.29) is 31.5 Å². The minimum Gasteiger partial charge on any atom is -0.395 e. The monoisotopic (exact) mass is 208 g/mol. The largest absolute Gasteiger partial charge is 0.395 e. The van der Waals surface area contributed by atoms with Gasteiger partial charge in [0.15, 0.2) is 0 Å². The van der Waals surface area contributed by atoms with Gasteiger partial charge in [0, 0.05) is 19.1 Å². The normalized spacial score (nSPS) is 18.1. The quantitative estimate of drug-likeness (QED) is 0.570. The molecule has 6 heteroatoms. The lowest BCUT2D eigenvalue weighted by atomic mass is 10.6. The zero-order valence-corrected chi connectivity index (χ0v) is 8.33. The van der Waals surface area contributed by atoms with E-state index in [2.05, 4.69) is 0 Å². The van der Waals surface area contributed by atoms with Gasteiger partial charge in [0.25, 0.3) is 0 Å². The molecule has 13 heavy (non-hydrogen) atoms. The fourth-order valence-electron chi connectivity index (χ4n) is 1.28. The number of nitrogens with two attached hydrogens (primary N) is 1. The molecule has 0 radical (unpaired) electrons. The number of nitrogens with zero attached hydrogens (tertiary/aromatic N) is 1. The minimum atomic E-state index is -3.22. The van der Waals surface area contributed by atoms with E-state index in [9.17, 15) is 8.42 Å². The number of sulfonamides is 1. The van der Waals surface area contributed by atoms with Crippen LogP contribution in [0.25, 0.3) is 0 Å². The fraction of sp³-hybridized carbons (Fsp3) is 1.00. The summed E-state index contributed by atoms with van der Waals surface area (Å²) in [6, 6.07) is 0.115. The molecule has 1 aliphatic carbocycles. The van der Waals surface area contributed by atoms with Crippen molar-refractivity contribution < 1.29 is 13.5 Å². The molecule has 0 saturated heterocycles. The SMILES string of the molecule is NCCS(=O)(=O)N(CCO)C1CC1. The van der Waals surface area contributed by atoms with Gasteiger partial charge < -0.3 is 10.8 Å². The summed E-state index contributed by atoms with van der Waals surface area (Å²) in [5.74, 6) is -0.0243. The second kappa shape index (κ2) is 4.36. The van der Waals surface area contributed by atoms with E-state index in [0.29, 0.717) is 0 Å². The summed E-state index contributed by atoms with van der Waals surface area (Å²) in [6.07, 6.45) is 1.81. The molecule has 0 atom stereocenters. The van der Waals surface area contributed by atoms with Gasteiger partial charge in [-0.15, -0.1) is 0 Å². The zero-order chi connectivity index (χ0) is 9.90. The van der Waals surface area contributed by atoms with Crippen molar-refractivity contribution in [3.63, 3.8) is 0 Å². The Morgan fingerprint density at radius 1 is 1.46 bits per heavy atom. The molecule has 78 valence electrons. The Morgan fingerprint density at radius 3 is 2.46 bits per heavy atom. The average Bonchev–Trinajstić information content (AvgIpc) is 2.82. The summed E-state index contributed by atoms with van der Waals surface area (Å²) in [4.78, 5) is 0. The molecule has 1 rings (SSSR count). The molecule has 0 aromatic heterocycles. The van der Waals surface area contributed by atoms with Gasteiger partial charge in [-0.05, 0) is 12.8 Å². The molecule has 0 amide bonds. The first kappa shape index (κ1) is 10.9. The standard InChI is InChI=1S/C7H16N2O3S/c8-3-6-13(11,12)9(4-5-10)7-1-2-7/h7,10H,1-6,8H2. The van der Waals surface area contributed by atoms with Gasteiger partial charge in [-0.25, -0.2) is 8.42 Å². The Hall–Kier alpha value is -0.170. The highest BCUT2D eigenvalue weighted by atomic mass is 32.2. The number of hydrogen-bond acceptors (Lipinski definition) is 4. The van der Waals surface area contributed by atoms with Crippen molar-refractivity contribution in [1.82, 2.24) is 4.31 Å². The Morgan fingerprint density at radius 2 is 2.08 bits per heavy atom. The van der Waals surface area contributed by atoms with Crippen LogP contribution in [-0.2, 0) is 10.0 Å². The molecule has 0 heterocycles. The Balaban J connectivity index is 2.61. The van der Waals surface area contributed by atoms with E-state index in [1.807, 2.05) is 0 Å². The third kappa shape index (κ3) is 2.91. The highest BCUT2D eigenvalue weighted by Gasteiger charge is 2.35. The first-order valence-electron chi connectivity index (χ1n) is 4.42. The second-order valence-corrected chi connectivity index (χ2v) is 5.21.